The highest BCUT2D eigenvalue weighted by molar-refractivity contribution is 5.95. The fourth-order valence-corrected chi connectivity index (χ4v) is 3.44. The van der Waals surface area contributed by atoms with Crippen LogP contribution in [0.3, 0.4) is 0 Å². The Labute approximate surface area is 170 Å². The van der Waals surface area contributed by atoms with Crippen LogP contribution in [0.1, 0.15) is 28.8 Å². The van der Waals surface area contributed by atoms with Gasteiger partial charge in [0.2, 0.25) is 0 Å². The van der Waals surface area contributed by atoms with Gasteiger partial charge in [-0.15, -0.1) is 0 Å². The van der Waals surface area contributed by atoms with E-state index in [2.05, 4.69) is 6.58 Å². The normalized spacial score (nSPS) is 13.2. The van der Waals surface area contributed by atoms with Crippen LogP contribution in [0, 0.1) is 10.1 Å². The fourth-order valence-electron chi connectivity index (χ4n) is 3.44. The molecule has 7 heteroatoms. The van der Waals surface area contributed by atoms with E-state index in [1.165, 1.54) is 6.07 Å². The second-order valence-electron chi connectivity index (χ2n) is 7.06. The maximum absolute atomic E-state index is 12.8. The van der Waals surface area contributed by atoms with Crippen LogP contribution in [0.25, 0.3) is 0 Å². The van der Waals surface area contributed by atoms with Gasteiger partial charge in [0, 0.05) is 38.3 Å². The van der Waals surface area contributed by atoms with Crippen LogP contribution in [-0.4, -0.2) is 42.5 Å². The molecule has 2 aromatic rings. The third-order valence-corrected chi connectivity index (χ3v) is 4.92. The van der Waals surface area contributed by atoms with Crippen molar-refractivity contribution in [2.45, 2.75) is 19.4 Å². The minimum atomic E-state index is -0.410. The Bertz CT molecular complexity index is 889. The predicted molar refractivity (Wildman–Crippen MR) is 112 cm³/mol. The molecular formula is C22H25N3O4. The van der Waals surface area contributed by atoms with Crippen LogP contribution in [0.5, 0.6) is 5.75 Å². The van der Waals surface area contributed by atoms with Gasteiger partial charge in [-0.2, -0.15) is 0 Å². The molecule has 0 aromatic heterocycles. The summed E-state index contributed by atoms with van der Waals surface area (Å²) in [7, 11) is 1.69. The average Bonchev–Trinajstić information content (AvgIpc) is 3.27. The number of nitro groups is 1. The molecule has 0 spiro atoms. The highest BCUT2D eigenvalue weighted by atomic mass is 16.6. The maximum Gasteiger partial charge on any atom is 0.293 e. The van der Waals surface area contributed by atoms with E-state index in [1.54, 1.807) is 30.2 Å². The first-order chi connectivity index (χ1) is 14.0. The number of nitro benzene ring substituents is 1. The number of hydrogen-bond donors (Lipinski definition) is 0. The van der Waals surface area contributed by atoms with E-state index in [9.17, 15) is 14.9 Å². The first kappa shape index (κ1) is 20.4. The van der Waals surface area contributed by atoms with Crippen molar-refractivity contribution in [3.05, 3.63) is 76.4 Å². The molecule has 29 heavy (non-hydrogen) atoms. The monoisotopic (exact) mass is 395 g/mol. The van der Waals surface area contributed by atoms with Gasteiger partial charge in [0.15, 0.2) is 0 Å². The molecule has 0 N–H and O–H groups in total. The van der Waals surface area contributed by atoms with Gasteiger partial charge in [0.25, 0.3) is 11.6 Å². The SMILES string of the molecule is C=CCOc1ccc(CN(C)C(=O)c2ccc(N3CCCC3)c([N+](=O)[O-])c2)cc1. The molecule has 2 aromatic carbocycles. The number of amides is 1. The van der Waals surface area contributed by atoms with Gasteiger partial charge in [-0.3, -0.25) is 14.9 Å². The summed E-state index contributed by atoms with van der Waals surface area (Å²) >= 11 is 0. The Kier molecular flexibility index (Phi) is 6.49. The van der Waals surface area contributed by atoms with E-state index in [4.69, 9.17) is 4.74 Å². The molecule has 0 unspecified atom stereocenters. The molecule has 3 rings (SSSR count). The van der Waals surface area contributed by atoms with E-state index in [-0.39, 0.29) is 11.6 Å². The van der Waals surface area contributed by atoms with Gasteiger partial charge < -0.3 is 14.5 Å². The lowest BCUT2D eigenvalue weighted by molar-refractivity contribution is -0.384. The lowest BCUT2D eigenvalue weighted by Gasteiger charge is -2.20. The molecule has 0 radical (unpaired) electrons. The lowest BCUT2D eigenvalue weighted by Crippen LogP contribution is -2.26. The van der Waals surface area contributed by atoms with Crippen LogP contribution in [0.4, 0.5) is 11.4 Å². The van der Waals surface area contributed by atoms with Crippen molar-refractivity contribution in [2.75, 3.05) is 31.6 Å². The molecule has 0 bridgehead atoms. The number of carbonyl (C=O) groups excluding carboxylic acids is 1. The van der Waals surface area contributed by atoms with Crippen molar-refractivity contribution in [2.24, 2.45) is 0 Å². The number of rotatable bonds is 8. The molecular weight excluding hydrogens is 370 g/mol. The van der Waals surface area contributed by atoms with Crippen molar-refractivity contribution in [1.82, 2.24) is 4.90 Å². The van der Waals surface area contributed by atoms with Crippen LogP contribution in [-0.2, 0) is 6.54 Å². The molecule has 1 amide bonds. The first-order valence-electron chi connectivity index (χ1n) is 9.61. The molecule has 0 atom stereocenters. The van der Waals surface area contributed by atoms with E-state index < -0.39 is 4.92 Å². The van der Waals surface area contributed by atoms with E-state index >= 15 is 0 Å². The van der Waals surface area contributed by atoms with Crippen molar-refractivity contribution >= 4 is 17.3 Å². The highest BCUT2D eigenvalue weighted by Crippen LogP contribution is 2.32. The van der Waals surface area contributed by atoms with Gasteiger partial charge in [-0.25, -0.2) is 0 Å². The number of nitrogens with zero attached hydrogens (tertiary/aromatic N) is 3. The van der Waals surface area contributed by atoms with Gasteiger partial charge in [0.05, 0.1) is 4.92 Å². The molecule has 7 nitrogen and oxygen atoms in total. The summed E-state index contributed by atoms with van der Waals surface area (Å²) in [6, 6.07) is 12.2. The number of hydrogen-bond acceptors (Lipinski definition) is 5. The Morgan fingerprint density at radius 2 is 1.93 bits per heavy atom. The quantitative estimate of drug-likeness (QED) is 0.383. The predicted octanol–water partition coefficient (Wildman–Crippen LogP) is 4.03. The van der Waals surface area contributed by atoms with Crippen molar-refractivity contribution in [1.29, 1.82) is 0 Å². The molecule has 1 aliphatic heterocycles. The number of carbonyl (C=O) groups is 1. The van der Waals surface area contributed by atoms with E-state index in [0.29, 0.717) is 24.4 Å². The molecule has 1 heterocycles. The van der Waals surface area contributed by atoms with E-state index in [0.717, 1.165) is 37.2 Å². The number of benzene rings is 2. The van der Waals surface area contributed by atoms with Crippen LogP contribution in [0.15, 0.2) is 55.1 Å². The second kappa shape index (κ2) is 9.23. The summed E-state index contributed by atoms with van der Waals surface area (Å²) in [6.07, 6.45) is 3.73. The van der Waals surface area contributed by atoms with Crippen molar-refractivity contribution < 1.29 is 14.5 Å². The smallest absolute Gasteiger partial charge is 0.293 e. The fraction of sp³-hybridized carbons (Fsp3) is 0.318. The third kappa shape index (κ3) is 4.93. The minimum Gasteiger partial charge on any atom is -0.490 e. The topological polar surface area (TPSA) is 75.9 Å². The van der Waals surface area contributed by atoms with E-state index in [1.807, 2.05) is 29.2 Å². The Balaban J connectivity index is 1.72. The molecule has 0 aliphatic carbocycles. The Morgan fingerprint density at radius 1 is 1.24 bits per heavy atom. The van der Waals surface area contributed by atoms with Gasteiger partial charge >= 0.3 is 0 Å². The summed E-state index contributed by atoms with van der Waals surface area (Å²) in [4.78, 5) is 27.5. The zero-order chi connectivity index (χ0) is 20.8. The highest BCUT2D eigenvalue weighted by Gasteiger charge is 2.24. The maximum atomic E-state index is 12.8. The largest absolute Gasteiger partial charge is 0.490 e. The molecule has 1 aliphatic rings. The summed E-state index contributed by atoms with van der Waals surface area (Å²) in [5, 5.41) is 11.6. The summed E-state index contributed by atoms with van der Waals surface area (Å²) < 4.78 is 5.45. The van der Waals surface area contributed by atoms with Gasteiger partial charge in [-0.05, 0) is 42.7 Å². The zero-order valence-corrected chi connectivity index (χ0v) is 16.5. The average molecular weight is 395 g/mol. The molecule has 1 fully saturated rings. The lowest BCUT2D eigenvalue weighted by atomic mass is 10.1. The summed E-state index contributed by atoms with van der Waals surface area (Å²) in [5.74, 6) is 0.476. The van der Waals surface area contributed by atoms with Crippen LogP contribution in [0.2, 0.25) is 0 Å². The number of ether oxygens (including phenoxy) is 1. The van der Waals surface area contributed by atoms with Crippen LogP contribution >= 0.6 is 0 Å². The third-order valence-electron chi connectivity index (χ3n) is 4.92. The minimum absolute atomic E-state index is 0.0186. The summed E-state index contributed by atoms with van der Waals surface area (Å²) in [5.41, 5.74) is 1.82. The molecule has 1 saturated heterocycles. The zero-order valence-electron chi connectivity index (χ0n) is 16.5. The summed E-state index contributed by atoms with van der Waals surface area (Å²) in [6.45, 7) is 6.05. The van der Waals surface area contributed by atoms with Gasteiger partial charge in [0.1, 0.15) is 18.0 Å². The second-order valence-corrected chi connectivity index (χ2v) is 7.06. The Hall–Kier alpha value is -3.35. The Morgan fingerprint density at radius 3 is 2.55 bits per heavy atom. The molecule has 0 saturated carbocycles. The van der Waals surface area contributed by atoms with Crippen molar-refractivity contribution in [3.63, 3.8) is 0 Å². The van der Waals surface area contributed by atoms with Gasteiger partial charge in [-0.1, -0.05) is 24.8 Å². The standard InChI is InChI=1S/C22H25N3O4/c1-3-14-29-19-9-6-17(7-10-19)16-23(2)22(26)18-8-11-20(21(15-18)25(27)28)24-12-4-5-13-24/h3,6-11,15H,1,4-5,12-14,16H2,2H3. The number of anilines is 1. The molecule has 152 valence electrons. The van der Waals surface area contributed by atoms with Crippen molar-refractivity contribution in [3.8, 4) is 5.75 Å². The first-order valence-corrected chi connectivity index (χ1v) is 9.61. The van der Waals surface area contributed by atoms with Crippen LogP contribution < -0.4 is 9.64 Å².